The van der Waals surface area contributed by atoms with Crippen LogP contribution in [0.2, 0.25) is 0 Å². The Morgan fingerprint density at radius 1 is 1.24 bits per heavy atom. The molecule has 3 nitrogen and oxygen atoms in total. The van der Waals surface area contributed by atoms with Gasteiger partial charge in [0, 0.05) is 6.26 Å². The first kappa shape index (κ1) is 14.0. The van der Waals surface area contributed by atoms with Crippen LogP contribution in [0.25, 0.3) is 0 Å². The van der Waals surface area contributed by atoms with Gasteiger partial charge in [-0.3, -0.25) is 0 Å². The molecule has 0 spiro atoms. The van der Waals surface area contributed by atoms with Gasteiger partial charge in [-0.1, -0.05) is 32.0 Å². The molecule has 1 aromatic rings. The third kappa shape index (κ3) is 5.22. The van der Waals surface area contributed by atoms with Gasteiger partial charge in [-0.2, -0.15) is 0 Å². The fourth-order valence-electron chi connectivity index (χ4n) is 1.59. The van der Waals surface area contributed by atoms with Gasteiger partial charge in [0.1, 0.15) is 15.6 Å². The largest absolute Gasteiger partial charge is 0.493 e. The van der Waals surface area contributed by atoms with Crippen LogP contribution in [0, 0.1) is 0 Å². The van der Waals surface area contributed by atoms with Crippen LogP contribution in [-0.4, -0.2) is 27.0 Å². The van der Waals surface area contributed by atoms with Crippen molar-refractivity contribution in [1.82, 2.24) is 0 Å². The summed E-state index contributed by atoms with van der Waals surface area (Å²) in [7, 11) is -2.89. The van der Waals surface area contributed by atoms with Crippen molar-refractivity contribution in [3.05, 3.63) is 29.8 Å². The Bertz CT molecular complexity index is 449. The topological polar surface area (TPSA) is 43.4 Å². The number of ether oxygens (including phenoxy) is 1. The summed E-state index contributed by atoms with van der Waals surface area (Å²) in [5, 5.41) is 0. The molecule has 0 fully saturated rings. The molecule has 96 valence electrons. The van der Waals surface area contributed by atoms with Gasteiger partial charge < -0.3 is 4.74 Å². The first-order valence-corrected chi connectivity index (χ1v) is 7.85. The minimum absolute atomic E-state index is 0.177. The third-order valence-corrected chi connectivity index (χ3v) is 3.49. The quantitative estimate of drug-likeness (QED) is 0.735. The van der Waals surface area contributed by atoms with Crippen molar-refractivity contribution in [2.24, 2.45) is 0 Å². The lowest BCUT2D eigenvalue weighted by Crippen LogP contribution is -2.08. The lowest BCUT2D eigenvalue weighted by Gasteiger charge is -2.13. The molecule has 4 heteroatoms. The van der Waals surface area contributed by atoms with E-state index in [4.69, 9.17) is 4.74 Å². The van der Waals surface area contributed by atoms with Crippen molar-refractivity contribution >= 4 is 9.84 Å². The smallest absolute Gasteiger partial charge is 0.147 e. The molecule has 17 heavy (non-hydrogen) atoms. The van der Waals surface area contributed by atoms with Crippen LogP contribution < -0.4 is 4.74 Å². The molecule has 0 heterocycles. The van der Waals surface area contributed by atoms with Gasteiger partial charge in [0.25, 0.3) is 0 Å². The Morgan fingerprint density at radius 2 is 1.88 bits per heavy atom. The molecule has 1 aromatic carbocycles. The lowest BCUT2D eigenvalue weighted by molar-refractivity contribution is 0.313. The molecule has 0 aliphatic heterocycles. The van der Waals surface area contributed by atoms with Crippen molar-refractivity contribution in [2.75, 3.05) is 18.6 Å². The van der Waals surface area contributed by atoms with E-state index < -0.39 is 9.84 Å². The number of hydrogen-bond donors (Lipinski definition) is 0. The average molecular weight is 256 g/mol. The molecule has 0 saturated heterocycles. The van der Waals surface area contributed by atoms with Crippen LogP contribution in [-0.2, 0) is 9.84 Å². The molecule has 0 amide bonds. The highest BCUT2D eigenvalue weighted by atomic mass is 32.2. The highest BCUT2D eigenvalue weighted by molar-refractivity contribution is 7.90. The Labute approximate surface area is 104 Å². The molecule has 0 radical (unpaired) electrons. The number of rotatable bonds is 6. The third-order valence-electron chi connectivity index (χ3n) is 2.46. The second-order valence-electron chi connectivity index (χ2n) is 4.52. The molecule has 0 atom stereocenters. The van der Waals surface area contributed by atoms with Crippen molar-refractivity contribution in [3.63, 3.8) is 0 Å². The summed E-state index contributed by atoms with van der Waals surface area (Å²) in [4.78, 5) is 0. The van der Waals surface area contributed by atoms with Crippen LogP contribution in [0.5, 0.6) is 5.75 Å². The zero-order valence-electron chi connectivity index (χ0n) is 10.6. The maximum Gasteiger partial charge on any atom is 0.147 e. The number of para-hydroxylation sites is 1. The number of benzene rings is 1. The molecule has 0 aliphatic rings. The highest BCUT2D eigenvalue weighted by Gasteiger charge is 2.07. The summed E-state index contributed by atoms with van der Waals surface area (Å²) in [5.74, 6) is 1.44. The van der Waals surface area contributed by atoms with Crippen molar-refractivity contribution in [1.29, 1.82) is 0 Å². The fraction of sp³-hybridized carbons (Fsp3) is 0.538. The zero-order chi connectivity index (χ0) is 12.9. The van der Waals surface area contributed by atoms with Gasteiger partial charge in [0.2, 0.25) is 0 Å². The molecule has 1 rings (SSSR count). The fourth-order valence-corrected chi connectivity index (χ4v) is 2.23. The van der Waals surface area contributed by atoms with Crippen LogP contribution in [0.15, 0.2) is 24.3 Å². The van der Waals surface area contributed by atoms with Crippen LogP contribution in [0.4, 0.5) is 0 Å². The molecule has 0 unspecified atom stereocenters. The van der Waals surface area contributed by atoms with Gasteiger partial charge in [-0.25, -0.2) is 8.42 Å². The van der Waals surface area contributed by atoms with E-state index in [1.807, 2.05) is 24.3 Å². The molecule has 0 bridgehead atoms. The minimum Gasteiger partial charge on any atom is -0.493 e. The highest BCUT2D eigenvalue weighted by Crippen LogP contribution is 2.25. The molecular weight excluding hydrogens is 236 g/mol. The average Bonchev–Trinajstić information content (AvgIpc) is 2.23. The standard InChI is InChI=1S/C13H20O3S/c1-11(2)12-7-4-5-8-13(12)16-9-6-10-17(3,14)15/h4-5,7-8,11H,6,9-10H2,1-3H3. The Kier molecular flexibility index (Phi) is 5.00. The summed E-state index contributed by atoms with van der Waals surface area (Å²) in [6.07, 6.45) is 1.78. The van der Waals surface area contributed by atoms with E-state index in [2.05, 4.69) is 13.8 Å². The molecule has 0 N–H and O–H groups in total. The molecule has 0 saturated carbocycles. The summed E-state index contributed by atoms with van der Waals surface area (Å²) in [5.41, 5.74) is 1.16. The maximum absolute atomic E-state index is 11.0. The Balaban J connectivity index is 2.52. The normalized spacial score (nSPS) is 11.8. The van der Waals surface area contributed by atoms with E-state index in [0.717, 1.165) is 11.3 Å². The van der Waals surface area contributed by atoms with Crippen LogP contribution in [0.1, 0.15) is 31.7 Å². The Hall–Kier alpha value is -1.03. The molecule has 0 aliphatic carbocycles. The van der Waals surface area contributed by atoms with Crippen molar-refractivity contribution in [3.8, 4) is 5.75 Å². The second kappa shape index (κ2) is 6.05. The monoisotopic (exact) mass is 256 g/mol. The van der Waals surface area contributed by atoms with E-state index in [0.29, 0.717) is 18.9 Å². The van der Waals surface area contributed by atoms with E-state index in [-0.39, 0.29) is 5.75 Å². The van der Waals surface area contributed by atoms with Crippen molar-refractivity contribution < 1.29 is 13.2 Å². The van der Waals surface area contributed by atoms with Gasteiger partial charge >= 0.3 is 0 Å². The molecular formula is C13H20O3S. The number of hydrogen-bond acceptors (Lipinski definition) is 3. The summed E-state index contributed by atoms with van der Waals surface area (Å²) in [6.45, 7) is 4.66. The SMILES string of the molecule is CC(C)c1ccccc1OCCCS(C)(=O)=O. The van der Waals surface area contributed by atoms with Gasteiger partial charge in [-0.15, -0.1) is 0 Å². The maximum atomic E-state index is 11.0. The summed E-state index contributed by atoms with van der Waals surface area (Å²) in [6, 6.07) is 7.88. The number of sulfone groups is 1. The van der Waals surface area contributed by atoms with Crippen LogP contribution in [0.3, 0.4) is 0 Å². The summed E-state index contributed by atoms with van der Waals surface area (Å²) < 4.78 is 27.6. The van der Waals surface area contributed by atoms with Gasteiger partial charge in [0.05, 0.1) is 12.4 Å². The lowest BCUT2D eigenvalue weighted by atomic mass is 10.0. The second-order valence-corrected chi connectivity index (χ2v) is 6.78. The summed E-state index contributed by atoms with van der Waals surface area (Å²) >= 11 is 0. The van der Waals surface area contributed by atoms with E-state index >= 15 is 0 Å². The minimum atomic E-state index is -2.89. The first-order valence-electron chi connectivity index (χ1n) is 5.79. The van der Waals surface area contributed by atoms with Gasteiger partial charge in [-0.05, 0) is 24.0 Å². The van der Waals surface area contributed by atoms with E-state index in [9.17, 15) is 8.42 Å². The van der Waals surface area contributed by atoms with Gasteiger partial charge in [0.15, 0.2) is 0 Å². The zero-order valence-corrected chi connectivity index (χ0v) is 11.5. The predicted molar refractivity (Wildman–Crippen MR) is 70.4 cm³/mol. The molecule has 0 aromatic heterocycles. The van der Waals surface area contributed by atoms with Crippen molar-refractivity contribution in [2.45, 2.75) is 26.2 Å². The first-order chi connectivity index (χ1) is 7.90. The van der Waals surface area contributed by atoms with E-state index in [1.54, 1.807) is 0 Å². The van der Waals surface area contributed by atoms with Crippen LogP contribution >= 0.6 is 0 Å². The Morgan fingerprint density at radius 3 is 2.47 bits per heavy atom. The predicted octanol–water partition coefficient (Wildman–Crippen LogP) is 2.62. The van der Waals surface area contributed by atoms with E-state index in [1.165, 1.54) is 6.26 Å².